The van der Waals surface area contributed by atoms with Crippen molar-refractivity contribution < 1.29 is 14.3 Å². The number of guanidine groups is 1. The van der Waals surface area contributed by atoms with Crippen molar-refractivity contribution in [1.82, 2.24) is 15.6 Å². The lowest BCUT2D eigenvalue weighted by molar-refractivity contribution is 0.411. The van der Waals surface area contributed by atoms with Crippen LogP contribution in [0.2, 0.25) is 0 Å². The van der Waals surface area contributed by atoms with E-state index in [0.29, 0.717) is 42.8 Å². The van der Waals surface area contributed by atoms with Gasteiger partial charge in [0.05, 0.1) is 25.9 Å². The predicted octanol–water partition coefficient (Wildman–Crippen LogP) is 3.93. The summed E-state index contributed by atoms with van der Waals surface area (Å²) >= 11 is 0. The van der Waals surface area contributed by atoms with Gasteiger partial charge in [0.2, 0.25) is 5.89 Å². The number of aromatic hydroxyl groups is 1. The van der Waals surface area contributed by atoms with Gasteiger partial charge >= 0.3 is 0 Å². The van der Waals surface area contributed by atoms with Crippen LogP contribution >= 0.6 is 24.0 Å². The van der Waals surface area contributed by atoms with E-state index in [0.717, 1.165) is 11.3 Å². The molecule has 29 heavy (non-hydrogen) atoms. The number of oxazole rings is 1. The molecule has 3 aromatic rings. The number of rotatable bonds is 7. The molecule has 0 bridgehead atoms. The van der Waals surface area contributed by atoms with Crippen LogP contribution < -0.4 is 15.4 Å². The Balaban J connectivity index is 0.00000300. The Hall–Kier alpha value is -2.75. The van der Waals surface area contributed by atoms with Crippen molar-refractivity contribution in [1.29, 1.82) is 0 Å². The molecule has 0 atom stereocenters. The summed E-state index contributed by atoms with van der Waals surface area (Å²) in [6.07, 6.45) is 1.63. The zero-order valence-electron chi connectivity index (χ0n) is 16.4. The fourth-order valence-corrected chi connectivity index (χ4v) is 2.60. The van der Waals surface area contributed by atoms with E-state index in [1.54, 1.807) is 31.6 Å². The molecule has 0 aliphatic rings. The highest BCUT2D eigenvalue weighted by molar-refractivity contribution is 14.0. The van der Waals surface area contributed by atoms with Crippen molar-refractivity contribution in [3.05, 3.63) is 66.1 Å². The fourth-order valence-electron chi connectivity index (χ4n) is 2.60. The van der Waals surface area contributed by atoms with Gasteiger partial charge in [-0.1, -0.05) is 18.2 Å². The largest absolute Gasteiger partial charge is 0.508 e. The van der Waals surface area contributed by atoms with Crippen molar-refractivity contribution >= 4 is 29.9 Å². The number of aliphatic imine (C=N–C) groups is 1. The SMILES string of the molecule is CCNC(=NCc1cc(OC)ccc1O)NCc1coc(-c2ccccc2)n1.I. The van der Waals surface area contributed by atoms with Crippen molar-refractivity contribution in [3.8, 4) is 23.0 Å². The number of halogens is 1. The third-order valence-corrected chi connectivity index (χ3v) is 4.05. The van der Waals surface area contributed by atoms with Gasteiger partial charge in [-0.25, -0.2) is 9.98 Å². The van der Waals surface area contributed by atoms with Gasteiger partial charge in [0.25, 0.3) is 0 Å². The van der Waals surface area contributed by atoms with Crippen LogP contribution in [0.5, 0.6) is 11.5 Å². The summed E-state index contributed by atoms with van der Waals surface area (Å²) in [6.45, 7) is 3.48. The Labute approximate surface area is 187 Å². The van der Waals surface area contributed by atoms with Crippen LogP contribution in [0.15, 0.2) is 64.2 Å². The summed E-state index contributed by atoms with van der Waals surface area (Å²) in [7, 11) is 1.59. The molecule has 0 amide bonds. The molecule has 3 N–H and O–H groups in total. The maximum absolute atomic E-state index is 10.0. The molecule has 0 unspecified atom stereocenters. The van der Waals surface area contributed by atoms with E-state index in [1.165, 1.54) is 0 Å². The quantitative estimate of drug-likeness (QED) is 0.255. The van der Waals surface area contributed by atoms with Gasteiger partial charge in [-0.05, 0) is 37.3 Å². The maximum atomic E-state index is 10.0. The van der Waals surface area contributed by atoms with Gasteiger partial charge < -0.3 is 24.9 Å². The first-order chi connectivity index (χ1) is 13.7. The number of hydrogen-bond acceptors (Lipinski definition) is 5. The summed E-state index contributed by atoms with van der Waals surface area (Å²) in [4.78, 5) is 9.02. The van der Waals surface area contributed by atoms with E-state index in [1.807, 2.05) is 37.3 Å². The predicted molar refractivity (Wildman–Crippen MR) is 124 cm³/mol. The molecule has 0 aliphatic carbocycles. The van der Waals surface area contributed by atoms with E-state index in [2.05, 4.69) is 20.6 Å². The second-order valence-electron chi connectivity index (χ2n) is 6.05. The monoisotopic (exact) mass is 508 g/mol. The number of benzene rings is 2. The van der Waals surface area contributed by atoms with Crippen LogP contribution in [0, 0.1) is 0 Å². The molecule has 154 valence electrons. The second kappa shape index (κ2) is 11.3. The molecule has 0 spiro atoms. The molecule has 2 aromatic carbocycles. The summed E-state index contributed by atoms with van der Waals surface area (Å²) in [6, 6.07) is 14.8. The minimum Gasteiger partial charge on any atom is -0.508 e. The van der Waals surface area contributed by atoms with Crippen LogP contribution in [0.25, 0.3) is 11.5 Å². The number of phenolic OH excluding ortho intramolecular Hbond substituents is 1. The number of ether oxygens (including phenoxy) is 1. The first-order valence-corrected chi connectivity index (χ1v) is 9.07. The highest BCUT2D eigenvalue weighted by atomic mass is 127. The summed E-state index contributed by atoms with van der Waals surface area (Å²) in [5.74, 6) is 2.07. The van der Waals surface area contributed by atoms with Crippen molar-refractivity contribution in [2.45, 2.75) is 20.0 Å². The number of methoxy groups -OCH3 is 1. The Bertz CT molecular complexity index is 929. The first-order valence-electron chi connectivity index (χ1n) is 9.07. The highest BCUT2D eigenvalue weighted by Gasteiger charge is 2.08. The lowest BCUT2D eigenvalue weighted by Gasteiger charge is -2.11. The number of aromatic nitrogens is 1. The van der Waals surface area contributed by atoms with Gasteiger partial charge in [-0.15, -0.1) is 24.0 Å². The van der Waals surface area contributed by atoms with Crippen LogP contribution in [-0.4, -0.2) is 29.7 Å². The topological polar surface area (TPSA) is 91.9 Å². The Morgan fingerprint density at radius 3 is 2.69 bits per heavy atom. The third-order valence-electron chi connectivity index (χ3n) is 4.05. The smallest absolute Gasteiger partial charge is 0.226 e. The maximum Gasteiger partial charge on any atom is 0.226 e. The molecule has 1 heterocycles. The van der Waals surface area contributed by atoms with E-state index < -0.39 is 0 Å². The molecule has 0 radical (unpaired) electrons. The van der Waals surface area contributed by atoms with E-state index >= 15 is 0 Å². The summed E-state index contributed by atoms with van der Waals surface area (Å²) < 4.78 is 10.8. The average molecular weight is 508 g/mol. The molecular weight excluding hydrogens is 483 g/mol. The highest BCUT2D eigenvalue weighted by Crippen LogP contribution is 2.23. The minimum absolute atomic E-state index is 0. The van der Waals surface area contributed by atoms with Crippen LogP contribution in [0.3, 0.4) is 0 Å². The molecule has 8 heteroatoms. The lowest BCUT2D eigenvalue weighted by atomic mass is 10.2. The average Bonchev–Trinajstić information content (AvgIpc) is 3.21. The Kier molecular flexibility index (Phi) is 8.78. The molecule has 0 saturated heterocycles. The standard InChI is InChI=1S/C21H24N4O3.HI/c1-3-22-21(23-12-16-11-18(27-2)9-10-19(16)26)24-13-17-14-28-20(25-17)15-7-5-4-6-8-15;/h4-11,14,26H,3,12-13H2,1-2H3,(H2,22,23,24);1H. The van der Waals surface area contributed by atoms with Crippen LogP contribution in [0.1, 0.15) is 18.2 Å². The van der Waals surface area contributed by atoms with E-state index in [4.69, 9.17) is 9.15 Å². The van der Waals surface area contributed by atoms with Gasteiger partial charge in [-0.2, -0.15) is 0 Å². The molecule has 3 rings (SSSR count). The number of nitrogens with one attached hydrogen (secondary N) is 2. The molecule has 0 fully saturated rings. The minimum atomic E-state index is 0. The first kappa shape index (κ1) is 22.5. The normalized spacial score (nSPS) is 10.9. The van der Waals surface area contributed by atoms with Gasteiger partial charge in [0.15, 0.2) is 5.96 Å². The molecule has 0 aliphatic heterocycles. The fraction of sp³-hybridized carbons (Fsp3) is 0.238. The van der Waals surface area contributed by atoms with Gasteiger partial charge in [-0.3, -0.25) is 0 Å². The van der Waals surface area contributed by atoms with Crippen LogP contribution in [-0.2, 0) is 13.1 Å². The van der Waals surface area contributed by atoms with E-state index in [-0.39, 0.29) is 29.7 Å². The van der Waals surface area contributed by atoms with Gasteiger partial charge in [0.1, 0.15) is 17.8 Å². The summed E-state index contributed by atoms with van der Waals surface area (Å²) in [5.41, 5.74) is 2.39. The second-order valence-corrected chi connectivity index (χ2v) is 6.05. The molecule has 7 nitrogen and oxygen atoms in total. The van der Waals surface area contributed by atoms with Crippen molar-refractivity contribution in [2.24, 2.45) is 4.99 Å². The van der Waals surface area contributed by atoms with Gasteiger partial charge in [0, 0.05) is 17.7 Å². The van der Waals surface area contributed by atoms with Crippen molar-refractivity contribution in [2.75, 3.05) is 13.7 Å². The lowest BCUT2D eigenvalue weighted by Crippen LogP contribution is -2.36. The number of nitrogens with zero attached hydrogens (tertiary/aromatic N) is 2. The zero-order chi connectivity index (χ0) is 19.8. The molecule has 1 aromatic heterocycles. The molecule has 0 saturated carbocycles. The third kappa shape index (κ3) is 6.38. The number of hydrogen-bond donors (Lipinski definition) is 3. The number of phenols is 1. The van der Waals surface area contributed by atoms with Crippen LogP contribution in [0.4, 0.5) is 0 Å². The van der Waals surface area contributed by atoms with Crippen molar-refractivity contribution in [3.63, 3.8) is 0 Å². The van der Waals surface area contributed by atoms with E-state index in [9.17, 15) is 5.11 Å². The zero-order valence-corrected chi connectivity index (χ0v) is 18.7. The Morgan fingerprint density at radius 2 is 1.97 bits per heavy atom. The summed E-state index contributed by atoms with van der Waals surface area (Å²) in [5, 5.41) is 16.4. The Morgan fingerprint density at radius 1 is 1.17 bits per heavy atom. The molecular formula is C21H25IN4O3.